The minimum atomic E-state index is -1.45. The summed E-state index contributed by atoms with van der Waals surface area (Å²) in [5, 5.41) is 24.7. The molecule has 3 fully saturated rings. The maximum absolute atomic E-state index is 13.9. The van der Waals surface area contributed by atoms with E-state index in [0.29, 0.717) is 29.8 Å². The van der Waals surface area contributed by atoms with Crippen molar-refractivity contribution in [2.45, 2.75) is 95.7 Å². The Morgan fingerprint density at radius 2 is 1.66 bits per heavy atom. The zero-order chi connectivity index (χ0) is 32.3. The fourth-order valence-electron chi connectivity index (χ4n) is 6.07. The lowest BCUT2D eigenvalue weighted by Gasteiger charge is -2.33. The number of aliphatic hydroxyl groups excluding tert-OH is 1. The second-order valence-electron chi connectivity index (χ2n) is 12.3. The van der Waals surface area contributed by atoms with Gasteiger partial charge in [0.15, 0.2) is 0 Å². The Bertz CT molecular complexity index is 1310. The second-order valence-corrected chi connectivity index (χ2v) is 12.7. The van der Waals surface area contributed by atoms with Gasteiger partial charge >= 0.3 is 0 Å². The molecule has 1 aliphatic carbocycles. The van der Waals surface area contributed by atoms with Crippen LogP contribution < -0.4 is 26.6 Å². The number of benzene rings is 1. The standard InChI is InChI=1S/C30H41ClN6O7/c1-14(2)23-29(43)36-24(16(4)38)30(44)37-13-19(33-26(40)17-7-5-8-18(31)11-17)12-22(37)28(42)32-15(3)25(39)34-21-10-6-9-20(21)27(41)35-23/h5,7-8,11,14-16,19-24,38H,6,9-10,12-13H2,1-4H3,(H,32,42)(H,33,40)(H,34,39)(H,35,41)(H,36,43)/t15-,16+,19-,20-,21-,22-,23+,24-/m0/s1. The minimum absolute atomic E-state index is 0.0219. The van der Waals surface area contributed by atoms with Gasteiger partial charge < -0.3 is 36.6 Å². The fraction of sp³-hybridized carbons (Fsp3) is 0.600. The first-order valence-electron chi connectivity index (χ1n) is 15.0. The SMILES string of the molecule is CC(C)[C@H]1NC(=O)[C@H]2CCC[C@@H]2NC(=O)[C@H](C)NC(=O)[C@@H]2C[C@H](NC(=O)c3cccc(Cl)c3)CN2C(=O)[C@H]([C@@H](C)O)NC1=O. The molecule has 6 amide bonds. The highest BCUT2D eigenvalue weighted by molar-refractivity contribution is 6.31. The van der Waals surface area contributed by atoms with Crippen LogP contribution in [0.4, 0.5) is 0 Å². The summed E-state index contributed by atoms with van der Waals surface area (Å²) in [5.74, 6) is -4.34. The number of fused-ring (bicyclic) bond motifs is 2. The monoisotopic (exact) mass is 632 g/mol. The maximum atomic E-state index is 13.9. The van der Waals surface area contributed by atoms with E-state index in [4.69, 9.17) is 11.6 Å². The summed E-state index contributed by atoms with van der Waals surface area (Å²) < 4.78 is 0. The van der Waals surface area contributed by atoms with Gasteiger partial charge in [0.25, 0.3) is 5.91 Å². The molecule has 0 aromatic heterocycles. The van der Waals surface area contributed by atoms with Crippen molar-refractivity contribution in [3.63, 3.8) is 0 Å². The fourth-order valence-corrected chi connectivity index (χ4v) is 6.26. The Hall–Kier alpha value is -3.71. The van der Waals surface area contributed by atoms with Crippen molar-refractivity contribution < 1.29 is 33.9 Å². The van der Waals surface area contributed by atoms with Gasteiger partial charge in [-0.2, -0.15) is 0 Å². The van der Waals surface area contributed by atoms with E-state index < -0.39 is 83.7 Å². The first-order valence-corrected chi connectivity index (χ1v) is 15.4. The number of halogens is 1. The van der Waals surface area contributed by atoms with Gasteiger partial charge in [0.05, 0.1) is 12.0 Å². The summed E-state index contributed by atoms with van der Waals surface area (Å²) in [6, 6.07) is 0.579. The predicted molar refractivity (Wildman–Crippen MR) is 160 cm³/mol. The van der Waals surface area contributed by atoms with E-state index in [1.807, 2.05) is 0 Å². The third kappa shape index (κ3) is 7.49. The molecule has 1 aromatic rings. The smallest absolute Gasteiger partial charge is 0.251 e. The molecule has 1 aromatic carbocycles. The number of rotatable bonds is 4. The molecule has 0 unspecified atom stereocenters. The number of carbonyl (C=O) groups excluding carboxylic acids is 6. The predicted octanol–water partition coefficient (Wildman–Crippen LogP) is -0.151. The number of aliphatic hydroxyl groups is 1. The van der Waals surface area contributed by atoms with Crippen LogP contribution in [0.3, 0.4) is 0 Å². The number of hydrogen-bond donors (Lipinski definition) is 6. The molecule has 1 saturated carbocycles. The Morgan fingerprint density at radius 1 is 0.955 bits per heavy atom. The largest absolute Gasteiger partial charge is 0.391 e. The topological polar surface area (TPSA) is 186 Å². The molecule has 2 saturated heterocycles. The molecule has 4 rings (SSSR count). The van der Waals surface area contributed by atoms with E-state index >= 15 is 0 Å². The molecular formula is C30H41ClN6O7. The Labute approximate surface area is 261 Å². The van der Waals surface area contributed by atoms with Gasteiger partial charge in [0, 0.05) is 29.2 Å². The van der Waals surface area contributed by atoms with Crippen LogP contribution in [0.5, 0.6) is 0 Å². The van der Waals surface area contributed by atoms with Crippen LogP contribution in [-0.4, -0.2) is 94.3 Å². The molecule has 2 aliphatic heterocycles. The quantitative estimate of drug-likeness (QED) is 0.266. The van der Waals surface area contributed by atoms with Crippen LogP contribution in [0.1, 0.15) is 63.7 Å². The van der Waals surface area contributed by atoms with Crippen molar-refractivity contribution in [2.75, 3.05) is 6.54 Å². The number of amides is 6. The lowest BCUT2D eigenvalue weighted by Crippen LogP contribution is -2.62. The molecule has 3 aliphatic rings. The van der Waals surface area contributed by atoms with E-state index in [2.05, 4.69) is 26.6 Å². The van der Waals surface area contributed by atoms with Gasteiger partial charge in [-0.25, -0.2) is 0 Å². The van der Waals surface area contributed by atoms with Crippen molar-refractivity contribution in [3.8, 4) is 0 Å². The van der Waals surface area contributed by atoms with Gasteiger partial charge in [0.2, 0.25) is 29.5 Å². The van der Waals surface area contributed by atoms with E-state index in [0.717, 1.165) is 0 Å². The second kappa shape index (κ2) is 13.9. The zero-order valence-corrected chi connectivity index (χ0v) is 26.0. The molecule has 8 atom stereocenters. The third-order valence-electron chi connectivity index (χ3n) is 8.53. The average Bonchev–Trinajstić information content (AvgIpc) is 3.60. The molecule has 240 valence electrons. The molecule has 0 spiro atoms. The normalized spacial score (nSPS) is 30.9. The summed E-state index contributed by atoms with van der Waals surface area (Å²) in [5.41, 5.74) is 0.292. The van der Waals surface area contributed by atoms with E-state index in [1.165, 1.54) is 24.8 Å². The van der Waals surface area contributed by atoms with Crippen molar-refractivity contribution in [3.05, 3.63) is 34.9 Å². The molecule has 2 heterocycles. The van der Waals surface area contributed by atoms with Crippen molar-refractivity contribution >= 4 is 47.0 Å². The molecule has 0 radical (unpaired) electrons. The first-order chi connectivity index (χ1) is 20.8. The highest BCUT2D eigenvalue weighted by Crippen LogP contribution is 2.27. The van der Waals surface area contributed by atoms with Crippen LogP contribution >= 0.6 is 11.6 Å². The van der Waals surface area contributed by atoms with Crippen molar-refractivity contribution in [1.82, 2.24) is 31.5 Å². The summed E-state index contributed by atoms with van der Waals surface area (Å²) in [6.07, 6.45) is 0.430. The number of nitrogens with one attached hydrogen (secondary N) is 5. The summed E-state index contributed by atoms with van der Waals surface area (Å²) >= 11 is 6.03. The van der Waals surface area contributed by atoms with E-state index in [1.54, 1.807) is 32.0 Å². The summed E-state index contributed by atoms with van der Waals surface area (Å²) in [7, 11) is 0. The maximum Gasteiger partial charge on any atom is 0.251 e. The number of hydrogen-bond acceptors (Lipinski definition) is 7. The van der Waals surface area contributed by atoms with Crippen LogP contribution in [0.15, 0.2) is 24.3 Å². The summed E-state index contributed by atoms with van der Waals surface area (Å²) in [6.45, 7) is 6.23. The van der Waals surface area contributed by atoms with Crippen molar-refractivity contribution in [1.29, 1.82) is 0 Å². The van der Waals surface area contributed by atoms with Gasteiger partial charge in [-0.3, -0.25) is 28.8 Å². The molecule has 0 bridgehead atoms. The molecule has 14 heteroatoms. The lowest BCUT2D eigenvalue weighted by atomic mass is 9.98. The highest BCUT2D eigenvalue weighted by atomic mass is 35.5. The molecule has 13 nitrogen and oxygen atoms in total. The van der Waals surface area contributed by atoms with Crippen molar-refractivity contribution in [2.24, 2.45) is 11.8 Å². The highest BCUT2D eigenvalue weighted by Gasteiger charge is 2.45. The van der Waals surface area contributed by atoms with Gasteiger partial charge in [-0.1, -0.05) is 37.9 Å². The zero-order valence-electron chi connectivity index (χ0n) is 25.3. The van der Waals surface area contributed by atoms with E-state index in [9.17, 15) is 33.9 Å². The van der Waals surface area contributed by atoms with E-state index in [-0.39, 0.29) is 18.9 Å². The molecular weight excluding hydrogens is 592 g/mol. The van der Waals surface area contributed by atoms with Gasteiger partial charge in [0.1, 0.15) is 24.2 Å². The number of carbonyl (C=O) groups is 6. The molecule has 6 N–H and O–H groups in total. The average molecular weight is 633 g/mol. The van der Waals surface area contributed by atoms with Crippen LogP contribution in [0.25, 0.3) is 0 Å². The van der Waals surface area contributed by atoms with Crippen LogP contribution in [0.2, 0.25) is 5.02 Å². The Balaban J connectivity index is 1.65. The molecule has 44 heavy (non-hydrogen) atoms. The van der Waals surface area contributed by atoms with Crippen LogP contribution in [0, 0.1) is 11.8 Å². The Morgan fingerprint density at radius 3 is 2.32 bits per heavy atom. The minimum Gasteiger partial charge on any atom is -0.391 e. The van der Waals surface area contributed by atoms with Crippen LogP contribution in [-0.2, 0) is 24.0 Å². The third-order valence-corrected chi connectivity index (χ3v) is 8.77. The first kappa shape index (κ1) is 33.2. The summed E-state index contributed by atoms with van der Waals surface area (Å²) in [4.78, 5) is 81.5. The van der Waals surface area contributed by atoms with Gasteiger partial charge in [-0.05, 0) is 57.2 Å². The number of nitrogens with zero attached hydrogens (tertiary/aromatic N) is 1. The Kier molecular flexibility index (Phi) is 10.5. The van der Waals surface area contributed by atoms with Gasteiger partial charge in [-0.15, -0.1) is 0 Å². The lowest BCUT2D eigenvalue weighted by molar-refractivity contribution is -0.145.